The number of halogens is 1. The van der Waals surface area contributed by atoms with Crippen molar-refractivity contribution in [1.82, 2.24) is 9.97 Å². The Morgan fingerprint density at radius 1 is 0.689 bits per heavy atom. The predicted molar refractivity (Wildman–Crippen MR) is 185 cm³/mol. The second kappa shape index (κ2) is 21.7. The molecule has 6 nitrogen and oxygen atoms in total. The standard InChI is InChI=1S/C38H53ClN2O4/c1-4-6-8-9-10-11-12-14-25-44-36-27-40-37(41-28-36)33-18-16-31(17-19-33)32-20-22-35(23-21-32)45-38(42)30(3)29-43-26-24-34(39)15-13-7-5-2/h16-23,27-28,30,34H,4-15,24-26,29H2,1-3H3. The predicted octanol–water partition coefficient (Wildman–Crippen LogP) is 10.5. The summed E-state index contributed by atoms with van der Waals surface area (Å²) in [4.78, 5) is 21.6. The minimum absolute atomic E-state index is 0.127. The number of rotatable bonds is 23. The fourth-order valence-corrected chi connectivity index (χ4v) is 5.25. The van der Waals surface area contributed by atoms with Gasteiger partial charge in [-0.1, -0.05) is 114 Å². The Bertz CT molecular complexity index is 1200. The Morgan fingerprint density at radius 2 is 1.24 bits per heavy atom. The number of hydrogen-bond acceptors (Lipinski definition) is 6. The van der Waals surface area contributed by atoms with Gasteiger partial charge >= 0.3 is 5.97 Å². The summed E-state index contributed by atoms with van der Waals surface area (Å²) in [6.45, 7) is 7.83. The van der Waals surface area contributed by atoms with Crippen molar-refractivity contribution in [3.63, 3.8) is 0 Å². The molecule has 0 N–H and O–H groups in total. The first-order valence-corrected chi connectivity index (χ1v) is 17.5. The summed E-state index contributed by atoms with van der Waals surface area (Å²) in [5.41, 5.74) is 3.02. The van der Waals surface area contributed by atoms with Crippen molar-refractivity contribution in [2.75, 3.05) is 19.8 Å². The average molecular weight is 637 g/mol. The van der Waals surface area contributed by atoms with Crippen molar-refractivity contribution in [3.05, 3.63) is 60.9 Å². The van der Waals surface area contributed by atoms with Gasteiger partial charge in [-0.15, -0.1) is 11.6 Å². The highest BCUT2D eigenvalue weighted by Crippen LogP contribution is 2.26. The Kier molecular flexibility index (Phi) is 17.6. The van der Waals surface area contributed by atoms with Gasteiger partial charge in [0, 0.05) is 17.5 Å². The number of alkyl halides is 1. The molecule has 0 spiro atoms. The first-order valence-electron chi connectivity index (χ1n) is 17.1. The Morgan fingerprint density at radius 3 is 1.89 bits per heavy atom. The van der Waals surface area contributed by atoms with Crippen molar-refractivity contribution in [3.8, 4) is 34.0 Å². The molecule has 2 aromatic carbocycles. The topological polar surface area (TPSA) is 70.5 Å². The van der Waals surface area contributed by atoms with Gasteiger partial charge in [0.25, 0.3) is 0 Å². The lowest BCUT2D eigenvalue weighted by Gasteiger charge is -2.13. The van der Waals surface area contributed by atoms with Crippen LogP contribution in [0, 0.1) is 5.92 Å². The summed E-state index contributed by atoms with van der Waals surface area (Å²) in [6.07, 6.45) is 19.1. The fraction of sp³-hybridized carbons (Fsp3) is 0.553. The zero-order chi connectivity index (χ0) is 32.1. The van der Waals surface area contributed by atoms with E-state index in [0.29, 0.717) is 37.1 Å². The van der Waals surface area contributed by atoms with Gasteiger partial charge < -0.3 is 14.2 Å². The van der Waals surface area contributed by atoms with Crippen molar-refractivity contribution >= 4 is 17.6 Å². The molecular weight excluding hydrogens is 584 g/mol. The second-order valence-electron chi connectivity index (χ2n) is 11.9. The van der Waals surface area contributed by atoms with Gasteiger partial charge in [0.15, 0.2) is 11.6 Å². The van der Waals surface area contributed by atoms with Crippen LogP contribution in [0.3, 0.4) is 0 Å². The number of unbranched alkanes of at least 4 members (excludes halogenated alkanes) is 9. The van der Waals surface area contributed by atoms with Crippen LogP contribution in [0.2, 0.25) is 0 Å². The van der Waals surface area contributed by atoms with E-state index < -0.39 is 0 Å². The van der Waals surface area contributed by atoms with E-state index in [0.717, 1.165) is 42.4 Å². The third-order valence-electron chi connectivity index (χ3n) is 7.91. The van der Waals surface area contributed by atoms with Crippen LogP contribution in [-0.2, 0) is 9.53 Å². The number of carbonyl (C=O) groups is 1. The molecule has 3 aromatic rings. The highest BCUT2D eigenvalue weighted by Gasteiger charge is 2.16. The van der Waals surface area contributed by atoms with E-state index in [1.165, 1.54) is 57.8 Å². The van der Waals surface area contributed by atoms with E-state index in [1.54, 1.807) is 12.4 Å². The largest absolute Gasteiger partial charge is 0.490 e. The molecule has 0 radical (unpaired) electrons. The molecular formula is C38H53ClN2O4. The van der Waals surface area contributed by atoms with E-state index in [-0.39, 0.29) is 17.3 Å². The number of carbonyl (C=O) groups excluding carboxylic acids is 1. The monoisotopic (exact) mass is 636 g/mol. The number of hydrogen-bond donors (Lipinski definition) is 0. The highest BCUT2D eigenvalue weighted by atomic mass is 35.5. The van der Waals surface area contributed by atoms with E-state index in [9.17, 15) is 4.79 Å². The third kappa shape index (κ3) is 14.3. The van der Waals surface area contributed by atoms with Gasteiger partial charge in [-0.3, -0.25) is 4.79 Å². The summed E-state index contributed by atoms with van der Waals surface area (Å²) in [5.74, 6) is 1.22. The number of ether oxygens (including phenoxy) is 3. The minimum atomic E-state index is -0.358. The van der Waals surface area contributed by atoms with Crippen LogP contribution >= 0.6 is 11.6 Å². The smallest absolute Gasteiger partial charge is 0.316 e. The first kappa shape index (κ1) is 36.5. The van der Waals surface area contributed by atoms with Crippen molar-refractivity contribution in [2.45, 2.75) is 110 Å². The molecule has 45 heavy (non-hydrogen) atoms. The normalized spacial score (nSPS) is 12.5. The molecule has 0 aliphatic carbocycles. The molecule has 2 unspecified atom stereocenters. The van der Waals surface area contributed by atoms with E-state index in [1.807, 2.05) is 55.5 Å². The average Bonchev–Trinajstić information content (AvgIpc) is 3.06. The molecule has 0 aliphatic heterocycles. The van der Waals surface area contributed by atoms with Crippen LogP contribution in [0.25, 0.3) is 22.5 Å². The Labute approximate surface area is 276 Å². The lowest BCUT2D eigenvalue weighted by molar-refractivity contribution is -0.140. The summed E-state index contributed by atoms with van der Waals surface area (Å²) in [6, 6.07) is 15.6. The molecule has 0 fully saturated rings. The second-order valence-corrected chi connectivity index (χ2v) is 12.6. The van der Waals surface area contributed by atoms with Gasteiger partial charge in [0.05, 0.1) is 31.5 Å². The van der Waals surface area contributed by atoms with Crippen LogP contribution < -0.4 is 9.47 Å². The molecule has 0 bridgehead atoms. The molecule has 0 saturated carbocycles. The summed E-state index contributed by atoms with van der Waals surface area (Å²) >= 11 is 6.35. The number of nitrogens with zero attached hydrogens (tertiary/aromatic N) is 2. The zero-order valence-electron chi connectivity index (χ0n) is 27.6. The summed E-state index contributed by atoms with van der Waals surface area (Å²) < 4.78 is 17.1. The lowest BCUT2D eigenvalue weighted by atomic mass is 10.0. The summed E-state index contributed by atoms with van der Waals surface area (Å²) in [7, 11) is 0. The van der Waals surface area contributed by atoms with Crippen LogP contribution in [0.5, 0.6) is 11.5 Å². The SMILES string of the molecule is CCCCCCCCCCOc1cnc(-c2ccc(-c3ccc(OC(=O)C(C)COCCC(Cl)CCCCC)cc3)cc2)nc1. The van der Waals surface area contributed by atoms with Gasteiger partial charge in [0.2, 0.25) is 0 Å². The van der Waals surface area contributed by atoms with E-state index >= 15 is 0 Å². The number of benzene rings is 2. The number of aromatic nitrogens is 2. The van der Waals surface area contributed by atoms with Crippen LogP contribution in [0.15, 0.2) is 60.9 Å². The zero-order valence-corrected chi connectivity index (χ0v) is 28.4. The maximum atomic E-state index is 12.5. The minimum Gasteiger partial charge on any atom is -0.490 e. The van der Waals surface area contributed by atoms with Crippen molar-refractivity contribution < 1.29 is 19.0 Å². The third-order valence-corrected chi connectivity index (χ3v) is 8.35. The van der Waals surface area contributed by atoms with Gasteiger partial charge in [-0.25, -0.2) is 9.97 Å². The number of esters is 1. The maximum absolute atomic E-state index is 12.5. The molecule has 2 atom stereocenters. The molecule has 3 rings (SSSR count). The molecule has 0 amide bonds. The van der Waals surface area contributed by atoms with E-state index in [2.05, 4.69) is 23.8 Å². The quantitative estimate of drug-likeness (QED) is 0.0446. The van der Waals surface area contributed by atoms with E-state index in [4.69, 9.17) is 25.8 Å². The summed E-state index contributed by atoms with van der Waals surface area (Å²) in [5, 5.41) is 0.127. The molecule has 0 aliphatic rings. The first-order chi connectivity index (χ1) is 22.0. The van der Waals surface area contributed by atoms with Crippen LogP contribution in [-0.4, -0.2) is 41.1 Å². The van der Waals surface area contributed by atoms with Crippen molar-refractivity contribution in [1.29, 1.82) is 0 Å². The molecule has 1 aromatic heterocycles. The Hall–Kier alpha value is -2.96. The van der Waals surface area contributed by atoms with Gasteiger partial charge in [-0.05, 0) is 49.4 Å². The molecule has 246 valence electrons. The van der Waals surface area contributed by atoms with Gasteiger partial charge in [-0.2, -0.15) is 0 Å². The molecule has 0 saturated heterocycles. The fourth-order valence-electron chi connectivity index (χ4n) is 5.01. The molecule has 1 heterocycles. The highest BCUT2D eigenvalue weighted by molar-refractivity contribution is 6.20. The van der Waals surface area contributed by atoms with Crippen LogP contribution in [0.1, 0.15) is 104 Å². The van der Waals surface area contributed by atoms with Gasteiger partial charge in [0.1, 0.15) is 5.75 Å². The Balaban J connectivity index is 1.37. The maximum Gasteiger partial charge on any atom is 0.316 e. The van der Waals surface area contributed by atoms with Crippen LogP contribution in [0.4, 0.5) is 0 Å². The molecule has 7 heteroatoms. The van der Waals surface area contributed by atoms with Crippen molar-refractivity contribution in [2.24, 2.45) is 5.92 Å². The lowest BCUT2D eigenvalue weighted by Crippen LogP contribution is -2.23.